The fraction of sp³-hybridized carbons (Fsp3) is 0.969. The molecule has 3 saturated carbocycles. The van der Waals surface area contributed by atoms with Gasteiger partial charge in [-0.1, -0.05) is 48.0 Å². The summed E-state index contributed by atoms with van der Waals surface area (Å²) in [6.45, 7) is 19.3. The van der Waals surface area contributed by atoms with Crippen molar-refractivity contribution >= 4 is 5.97 Å². The summed E-state index contributed by atoms with van der Waals surface area (Å²) in [5.74, 6) is 2.45. The molecule has 214 valence electrons. The molecule has 4 aliphatic rings. The third-order valence-electron chi connectivity index (χ3n) is 12.3. The third-order valence-corrected chi connectivity index (χ3v) is 12.3. The Hall–Kier alpha value is -0.650. The van der Waals surface area contributed by atoms with Gasteiger partial charge in [0.25, 0.3) is 0 Å². The van der Waals surface area contributed by atoms with Crippen LogP contribution >= 0.6 is 0 Å². The summed E-state index contributed by atoms with van der Waals surface area (Å²) in [7, 11) is 0. The first-order chi connectivity index (χ1) is 17.0. The summed E-state index contributed by atoms with van der Waals surface area (Å²) in [6.07, 6.45) is 9.17. The van der Waals surface area contributed by atoms with Crippen LogP contribution in [0.4, 0.5) is 0 Å². The van der Waals surface area contributed by atoms with E-state index in [1.165, 1.54) is 39.0 Å². The van der Waals surface area contributed by atoms with E-state index in [1.54, 1.807) is 13.8 Å². The molecule has 0 aromatic rings. The Kier molecular flexibility index (Phi) is 7.99. The van der Waals surface area contributed by atoms with Gasteiger partial charge >= 0.3 is 5.97 Å². The van der Waals surface area contributed by atoms with E-state index in [2.05, 4.69) is 41.5 Å². The number of hydrogen-bond acceptors (Lipinski definition) is 5. The van der Waals surface area contributed by atoms with Crippen LogP contribution in [0.25, 0.3) is 0 Å². The van der Waals surface area contributed by atoms with Crippen molar-refractivity contribution in [3.05, 3.63) is 0 Å². The molecule has 0 aromatic heterocycles. The molecule has 11 atom stereocenters. The number of rotatable bonds is 6. The standard InChI is InChI=1S/C32H56O5/c1-19-12-15-26(34)29(4,5)23(19)14-13-22-11-10-16-31(8)27-20(2)17-24(37-25(27)18-32(22,31)9)28(30(6,7)35)36-21(3)33/h19-20,22-28,34-35H,10-18H2,1-9H3/t19?,20-,22+,23?,24-,25?,26+,27?,28+,31-,32+/m1/s1. The van der Waals surface area contributed by atoms with Crippen molar-refractivity contribution in [2.75, 3.05) is 0 Å². The minimum Gasteiger partial charge on any atom is -0.457 e. The van der Waals surface area contributed by atoms with Crippen LogP contribution in [0, 0.1) is 45.8 Å². The highest BCUT2D eigenvalue weighted by Crippen LogP contribution is 2.69. The summed E-state index contributed by atoms with van der Waals surface area (Å²) in [5, 5.41) is 21.6. The topological polar surface area (TPSA) is 76.0 Å². The van der Waals surface area contributed by atoms with Gasteiger partial charge in [-0.2, -0.15) is 0 Å². The Bertz CT molecular complexity index is 832. The molecular weight excluding hydrogens is 464 g/mol. The summed E-state index contributed by atoms with van der Waals surface area (Å²) < 4.78 is 12.5. The van der Waals surface area contributed by atoms with E-state index >= 15 is 0 Å². The zero-order valence-electron chi connectivity index (χ0n) is 25.2. The van der Waals surface area contributed by atoms with E-state index in [0.717, 1.165) is 25.7 Å². The number of esters is 1. The fourth-order valence-electron chi connectivity index (χ4n) is 10.1. The highest BCUT2D eigenvalue weighted by atomic mass is 16.6. The van der Waals surface area contributed by atoms with E-state index in [-0.39, 0.29) is 40.5 Å². The summed E-state index contributed by atoms with van der Waals surface area (Å²) >= 11 is 0. The molecule has 1 heterocycles. The molecular formula is C32H56O5. The number of aliphatic hydroxyl groups excluding tert-OH is 1. The van der Waals surface area contributed by atoms with Crippen LogP contribution in [0.3, 0.4) is 0 Å². The maximum Gasteiger partial charge on any atom is 0.303 e. The molecule has 37 heavy (non-hydrogen) atoms. The summed E-state index contributed by atoms with van der Waals surface area (Å²) in [6, 6.07) is 0. The quantitative estimate of drug-likeness (QED) is 0.390. The Morgan fingerprint density at radius 1 is 1.05 bits per heavy atom. The molecule has 0 aromatic carbocycles. The molecule has 0 amide bonds. The van der Waals surface area contributed by atoms with Crippen molar-refractivity contribution in [1.29, 1.82) is 0 Å². The van der Waals surface area contributed by atoms with Crippen LogP contribution in [0.2, 0.25) is 0 Å². The van der Waals surface area contributed by atoms with E-state index in [4.69, 9.17) is 9.47 Å². The monoisotopic (exact) mass is 520 g/mol. The predicted octanol–water partition coefficient (Wildman–Crippen LogP) is 6.53. The van der Waals surface area contributed by atoms with Crippen molar-refractivity contribution in [3.8, 4) is 0 Å². The van der Waals surface area contributed by atoms with Gasteiger partial charge in [0.2, 0.25) is 0 Å². The average molecular weight is 521 g/mol. The Morgan fingerprint density at radius 3 is 2.35 bits per heavy atom. The summed E-state index contributed by atoms with van der Waals surface area (Å²) in [4.78, 5) is 11.9. The number of carbonyl (C=O) groups excluding carboxylic acids is 1. The van der Waals surface area contributed by atoms with Crippen LogP contribution in [-0.2, 0) is 14.3 Å². The van der Waals surface area contributed by atoms with Crippen LogP contribution in [0.1, 0.15) is 120 Å². The molecule has 3 aliphatic carbocycles. The first-order valence-electron chi connectivity index (χ1n) is 15.3. The van der Waals surface area contributed by atoms with Gasteiger partial charge in [0.1, 0.15) is 0 Å². The predicted molar refractivity (Wildman–Crippen MR) is 147 cm³/mol. The fourth-order valence-corrected chi connectivity index (χ4v) is 10.1. The Balaban J connectivity index is 1.54. The zero-order chi connectivity index (χ0) is 27.6. The van der Waals surface area contributed by atoms with Gasteiger partial charge in [-0.05, 0) is 111 Å². The number of fused-ring (bicyclic) bond motifs is 3. The molecule has 5 nitrogen and oxygen atoms in total. The van der Waals surface area contributed by atoms with Crippen molar-refractivity contribution in [2.45, 2.75) is 150 Å². The molecule has 2 N–H and O–H groups in total. The Morgan fingerprint density at radius 2 is 1.73 bits per heavy atom. The lowest BCUT2D eigenvalue weighted by atomic mass is 9.50. The molecule has 4 rings (SSSR count). The lowest BCUT2D eigenvalue weighted by molar-refractivity contribution is -0.208. The second-order valence-electron chi connectivity index (χ2n) is 15.3. The lowest BCUT2D eigenvalue weighted by Crippen LogP contribution is -2.55. The first-order valence-corrected chi connectivity index (χ1v) is 15.3. The maximum absolute atomic E-state index is 11.9. The number of aliphatic hydroxyl groups is 2. The van der Waals surface area contributed by atoms with Crippen LogP contribution in [0.5, 0.6) is 0 Å². The first kappa shape index (κ1) is 29.3. The van der Waals surface area contributed by atoms with Crippen molar-refractivity contribution in [1.82, 2.24) is 0 Å². The lowest BCUT2D eigenvalue weighted by Gasteiger charge is -2.55. The maximum atomic E-state index is 11.9. The highest BCUT2D eigenvalue weighted by Gasteiger charge is 2.66. The zero-order valence-corrected chi connectivity index (χ0v) is 25.2. The van der Waals surface area contributed by atoms with Crippen LogP contribution in [-0.4, -0.2) is 46.2 Å². The van der Waals surface area contributed by atoms with Gasteiger partial charge in [0.15, 0.2) is 6.10 Å². The minimum absolute atomic E-state index is 0.0200. The molecule has 1 aliphatic heterocycles. The molecule has 4 fully saturated rings. The molecule has 1 saturated heterocycles. The van der Waals surface area contributed by atoms with E-state index in [0.29, 0.717) is 29.6 Å². The third kappa shape index (κ3) is 5.04. The number of ether oxygens (including phenoxy) is 2. The van der Waals surface area contributed by atoms with Gasteiger partial charge in [0.05, 0.1) is 23.9 Å². The van der Waals surface area contributed by atoms with Crippen molar-refractivity contribution in [2.24, 2.45) is 45.8 Å². The van der Waals surface area contributed by atoms with Crippen LogP contribution < -0.4 is 0 Å². The molecule has 4 unspecified atom stereocenters. The second-order valence-corrected chi connectivity index (χ2v) is 15.3. The molecule has 0 spiro atoms. The normalized spacial score (nSPS) is 46.6. The number of hydrogen-bond donors (Lipinski definition) is 2. The largest absolute Gasteiger partial charge is 0.457 e. The van der Waals surface area contributed by atoms with Gasteiger partial charge in [-0.3, -0.25) is 4.79 Å². The summed E-state index contributed by atoms with van der Waals surface area (Å²) in [5.41, 5.74) is -0.744. The second kappa shape index (κ2) is 10.1. The average Bonchev–Trinajstić information content (AvgIpc) is 3.01. The Labute approximate surface area is 226 Å². The molecule has 0 radical (unpaired) electrons. The van der Waals surface area contributed by atoms with Gasteiger partial charge in [-0.15, -0.1) is 0 Å². The number of carbonyl (C=O) groups is 1. The van der Waals surface area contributed by atoms with Crippen LogP contribution in [0.15, 0.2) is 0 Å². The van der Waals surface area contributed by atoms with E-state index < -0.39 is 11.7 Å². The van der Waals surface area contributed by atoms with Gasteiger partial charge < -0.3 is 19.7 Å². The van der Waals surface area contributed by atoms with Crippen molar-refractivity contribution in [3.63, 3.8) is 0 Å². The van der Waals surface area contributed by atoms with Crippen molar-refractivity contribution < 1.29 is 24.5 Å². The van der Waals surface area contributed by atoms with Gasteiger partial charge in [0, 0.05) is 6.92 Å². The molecule has 0 bridgehead atoms. The molecule has 5 heteroatoms. The SMILES string of the molecule is CC(=O)O[C@@H]([C@H]1C[C@@H](C)C2C(C[C@@]3(C)[C@H](CCC4C(C)CC[C@H](O)C4(C)C)CCC[C@]23C)O1)C(C)(C)O. The highest BCUT2D eigenvalue weighted by molar-refractivity contribution is 5.66. The van der Waals surface area contributed by atoms with E-state index in [1.807, 2.05) is 0 Å². The van der Waals surface area contributed by atoms with E-state index in [9.17, 15) is 15.0 Å². The minimum atomic E-state index is -1.15. The van der Waals surface area contributed by atoms with Gasteiger partial charge in [-0.25, -0.2) is 0 Å². The smallest absolute Gasteiger partial charge is 0.303 e.